The number of ketones is 1. The summed E-state index contributed by atoms with van der Waals surface area (Å²) in [6.07, 6.45) is 2.73. The Morgan fingerprint density at radius 2 is 1.80 bits per heavy atom. The van der Waals surface area contributed by atoms with Crippen LogP contribution in [0.15, 0.2) is 71.5 Å². The number of hydrogen-bond donors (Lipinski definition) is 1. The zero-order chi connectivity index (χ0) is 29.2. The number of carbonyl (C=O) groups excluding carboxylic acids is 1. The van der Waals surface area contributed by atoms with Crippen LogP contribution in [0.2, 0.25) is 0 Å². The Morgan fingerprint density at radius 1 is 1.00 bits per heavy atom. The lowest BCUT2D eigenvalue weighted by molar-refractivity contribution is -0.362. The third-order valence-corrected chi connectivity index (χ3v) is 10.2. The van der Waals surface area contributed by atoms with E-state index in [2.05, 4.69) is 4.98 Å². The SMILES string of the molecule is C[C@]12C[C@H](c3cccc(C=Cc4ccccn4)c3)C3=C4CCC(=O)C=C4CC[C@H]3[C@@H]1CC[C@@]2(O)C(F)(F)C(F)(F)F. The molecular weight excluding hydrogens is 537 g/mol. The number of allylic oxidation sites excluding steroid dienone is 4. The minimum Gasteiger partial charge on any atom is -0.383 e. The van der Waals surface area contributed by atoms with Crippen LogP contribution >= 0.6 is 0 Å². The zero-order valence-electron chi connectivity index (χ0n) is 22.7. The van der Waals surface area contributed by atoms with E-state index in [9.17, 15) is 23.1 Å². The normalized spacial score (nSPS) is 32.0. The molecule has 2 fully saturated rings. The lowest BCUT2D eigenvalue weighted by atomic mass is 9.50. The Balaban J connectivity index is 1.48. The number of rotatable bonds is 4. The molecule has 5 atom stereocenters. The summed E-state index contributed by atoms with van der Waals surface area (Å²) < 4.78 is 71.7. The van der Waals surface area contributed by atoms with E-state index in [1.54, 1.807) is 12.3 Å². The highest BCUT2D eigenvalue weighted by molar-refractivity contribution is 5.93. The van der Waals surface area contributed by atoms with Crippen molar-refractivity contribution in [3.05, 3.63) is 88.3 Å². The van der Waals surface area contributed by atoms with Gasteiger partial charge in [0.25, 0.3) is 0 Å². The van der Waals surface area contributed by atoms with Crippen molar-refractivity contribution in [1.29, 1.82) is 0 Å². The fourth-order valence-electron chi connectivity index (χ4n) is 8.25. The maximum Gasteiger partial charge on any atom is 0.456 e. The Kier molecular flexibility index (Phi) is 6.64. The predicted octanol–water partition coefficient (Wildman–Crippen LogP) is 8.08. The van der Waals surface area contributed by atoms with Gasteiger partial charge in [-0.1, -0.05) is 48.9 Å². The average Bonchev–Trinajstić information content (AvgIpc) is 3.22. The number of fused-ring (bicyclic) bond motifs is 4. The second-order valence-corrected chi connectivity index (χ2v) is 12.2. The molecule has 6 rings (SSSR count). The van der Waals surface area contributed by atoms with Crippen molar-refractivity contribution in [3.8, 4) is 0 Å². The summed E-state index contributed by atoms with van der Waals surface area (Å²) in [6.45, 7) is 1.44. The largest absolute Gasteiger partial charge is 0.456 e. The first-order valence-corrected chi connectivity index (χ1v) is 14.2. The lowest BCUT2D eigenvalue weighted by Gasteiger charge is -2.56. The monoisotopic (exact) mass is 569 g/mol. The van der Waals surface area contributed by atoms with Gasteiger partial charge in [-0.2, -0.15) is 22.0 Å². The molecule has 1 N–H and O–H groups in total. The quantitative estimate of drug-likeness (QED) is 0.379. The second kappa shape index (κ2) is 9.72. The molecule has 3 nitrogen and oxygen atoms in total. The van der Waals surface area contributed by atoms with Gasteiger partial charge >= 0.3 is 12.1 Å². The third kappa shape index (κ3) is 4.32. The van der Waals surface area contributed by atoms with Gasteiger partial charge in [0.15, 0.2) is 5.78 Å². The Bertz CT molecular complexity index is 1460. The van der Waals surface area contributed by atoms with E-state index >= 15 is 8.78 Å². The van der Waals surface area contributed by atoms with Gasteiger partial charge in [0.1, 0.15) is 5.60 Å². The Hall–Kier alpha value is -3.13. The van der Waals surface area contributed by atoms with Gasteiger partial charge in [-0.15, -0.1) is 0 Å². The van der Waals surface area contributed by atoms with Crippen molar-refractivity contribution in [2.24, 2.45) is 17.3 Å². The topological polar surface area (TPSA) is 50.2 Å². The summed E-state index contributed by atoms with van der Waals surface area (Å²) in [5, 5.41) is 11.4. The van der Waals surface area contributed by atoms with Crippen molar-refractivity contribution in [1.82, 2.24) is 4.98 Å². The van der Waals surface area contributed by atoms with Crippen LogP contribution in [-0.2, 0) is 4.79 Å². The molecule has 0 unspecified atom stereocenters. The van der Waals surface area contributed by atoms with Gasteiger partial charge in [0.05, 0.1) is 5.69 Å². The molecular formula is C33H32F5NO2. The third-order valence-electron chi connectivity index (χ3n) is 10.2. The first-order valence-electron chi connectivity index (χ1n) is 14.2. The van der Waals surface area contributed by atoms with Crippen LogP contribution in [0.4, 0.5) is 22.0 Å². The van der Waals surface area contributed by atoms with Gasteiger partial charge in [0.2, 0.25) is 0 Å². The van der Waals surface area contributed by atoms with Crippen LogP contribution in [-0.4, -0.2) is 33.6 Å². The van der Waals surface area contributed by atoms with Gasteiger partial charge in [0, 0.05) is 24.0 Å². The maximum atomic E-state index is 15.2. The molecule has 2 aromatic rings. The summed E-state index contributed by atoms with van der Waals surface area (Å²) in [7, 11) is 0. The minimum atomic E-state index is -5.86. The summed E-state index contributed by atoms with van der Waals surface area (Å²) in [6, 6.07) is 13.1. The molecule has 216 valence electrons. The standard InChI is InChI=1S/C33H32F5NO2/c1-30-19-27(21-6-4-5-20(17-21)8-10-23-7-2-3-16-39-23)29-25-13-11-24(40)18-22(25)9-12-26(29)28(30)14-15-31(30,41)32(34,35)33(36,37)38/h2-8,10,16-18,26-28,41H,9,11-15,19H2,1H3/t26-,27+,28-,30-,31-/m0/s1. The molecule has 4 aliphatic carbocycles. The van der Waals surface area contributed by atoms with E-state index in [1.807, 2.05) is 54.6 Å². The molecule has 8 heteroatoms. The van der Waals surface area contributed by atoms with E-state index in [0.29, 0.717) is 25.7 Å². The summed E-state index contributed by atoms with van der Waals surface area (Å²) >= 11 is 0. The number of benzene rings is 1. The van der Waals surface area contributed by atoms with Crippen LogP contribution < -0.4 is 0 Å². The molecule has 1 heterocycles. The Labute approximate surface area is 235 Å². The van der Waals surface area contributed by atoms with E-state index in [-0.39, 0.29) is 24.5 Å². The molecule has 0 aliphatic heterocycles. The zero-order valence-corrected chi connectivity index (χ0v) is 22.7. The number of carbonyl (C=O) groups is 1. The minimum absolute atomic E-state index is 0.0379. The first kappa shape index (κ1) is 28.0. The number of aromatic nitrogens is 1. The van der Waals surface area contributed by atoms with E-state index < -0.39 is 41.4 Å². The van der Waals surface area contributed by atoms with E-state index in [4.69, 9.17) is 0 Å². The van der Waals surface area contributed by atoms with E-state index in [0.717, 1.165) is 33.5 Å². The highest BCUT2D eigenvalue weighted by Gasteiger charge is 2.79. The molecule has 4 aliphatic rings. The summed E-state index contributed by atoms with van der Waals surface area (Å²) in [5.41, 5.74) is 0.599. The molecule has 0 spiro atoms. The summed E-state index contributed by atoms with van der Waals surface area (Å²) in [5.74, 6) is -6.43. The molecule has 1 aromatic heterocycles. The number of pyridine rings is 1. The molecule has 2 saturated carbocycles. The molecule has 0 amide bonds. The smallest absolute Gasteiger partial charge is 0.383 e. The van der Waals surface area contributed by atoms with Crippen LogP contribution in [0, 0.1) is 17.3 Å². The average molecular weight is 570 g/mol. The first-order chi connectivity index (χ1) is 19.4. The van der Waals surface area contributed by atoms with Crippen molar-refractivity contribution >= 4 is 17.9 Å². The second-order valence-electron chi connectivity index (χ2n) is 12.2. The number of nitrogens with zero attached hydrogens (tertiary/aromatic N) is 1. The lowest BCUT2D eigenvalue weighted by Crippen LogP contribution is -2.65. The molecule has 0 radical (unpaired) electrons. The molecule has 0 bridgehead atoms. The van der Waals surface area contributed by atoms with Crippen LogP contribution in [0.25, 0.3) is 12.2 Å². The maximum absolute atomic E-state index is 15.2. The fourth-order valence-corrected chi connectivity index (χ4v) is 8.25. The molecule has 1 aromatic carbocycles. The molecule has 41 heavy (non-hydrogen) atoms. The van der Waals surface area contributed by atoms with Gasteiger partial charge in [-0.25, -0.2) is 0 Å². The van der Waals surface area contributed by atoms with Crippen LogP contribution in [0.5, 0.6) is 0 Å². The number of halogens is 5. The van der Waals surface area contributed by atoms with Crippen LogP contribution in [0.1, 0.15) is 74.6 Å². The van der Waals surface area contributed by atoms with Gasteiger partial charge < -0.3 is 5.11 Å². The van der Waals surface area contributed by atoms with Gasteiger partial charge in [-0.05, 0) is 96.9 Å². The number of alkyl halides is 5. The van der Waals surface area contributed by atoms with E-state index in [1.165, 1.54) is 6.92 Å². The highest BCUT2D eigenvalue weighted by atomic mass is 19.4. The molecule has 0 saturated heterocycles. The number of aliphatic hydroxyl groups is 1. The van der Waals surface area contributed by atoms with Crippen LogP contribution in [0.3, 0.4) is 0 Å². The van der Waals surface area contributed by atoms with Crippen molar-refractivity contribution in [2.75, 3.05) is 0 Å². The highest BCUT2D eigenvalue weighted by Crippen LogP contribution is 2.70. The van der Waals surface area contributed by atoms with Crippen molar-refractivity contribution in [3.63, 3.8) is 0 Å². The van der Waals surface area contributed by atoms with Crippen molar-refractivity contribution in [2.45, 2.75) is 75.5 Å². The summed E-state index contributed by atoms with van der Waals surface area (Å²) in [4.78, 5) is 16.5. The number of hydrogen-bond acceptors (Lipinski definition) is 3. The van der Waals surface area contributed by atoms with Gasteiger partial charge in [-0.3, -0.25) is 9.78 Å². The Morgan fingerprint density at radius 3 is 2.54 bits per heavy atom. The van der Waals surface area contributed by atoms with Crippen molar-refractivity contribution < 1.29 is 31.9 Å². The predicted molar refractivity (Wildman–Crippen MR) is 146 cm³/mol. The fraction of sp³-hybridized carbons (Fsp3) is 0.455.